The topological polar surface area (TPSA) is 92.1 Å². The number of hydrogen-bond donors (Lipinski definition) is 3. The van der Waals surface area contributed by atoms with E-state index in [1.165, 1.54) is 0 Å². The van der Waals surface area contributed by atoms with Crippen molar-refractivity contribution in [1.29, 1.82) is 0 Å². The minimum absolute atomic E-state index is 0.00302. The molecule has 0 fully saturated rings. The SMILES string of the molecule is CCNC(C)c1nnc(NCCC(=O)NC(C)C)o1. The molecule has 19 heavy (non-hydrogen) atoms. The zero-order valence-corrected chi connectivity index (χ0v) is 12.0. The number of amides is 1. The van der Waals surface area contributed by atoms with E-state index in [9.17, 15) is 4.79 Å². The number of nitrogens with one attached hydrogen (secondary N) is 3. The fourth-order valence-corrected chi connectivity index (χ4v) is 1.55. The van der Waals surface area contributed by atoms with Gasteiger partial charge in [0.15, 0.2) is 0 Å². The third kappa shape index (κ3) is 5.69. The fourth-order valence-electron chi connectivity index (χ4n) is 1.55. The number of aromatic nitrogens is 2. The Morgan fingerprint density at radius 1 is 1.32 bits per heavy atom. The van der Waals surface area contributed by atoms with Crippen molar-refractivity contribution in [3.8, 4) is 0 Å². The van der Waals surface area contributed by atoms with Gasteiger partial charge in [0.1, 0.15) is 0 Å². The Morgan fingerprint density at radius 3 is 2.68 bits per heavy atom. The molecule has 1 atom stereocenters. The van der Waals surface area contributed by atoms with E-state index >= 15 is 0 Å². The molecule has 1 rings (SSSR count). The zero-order valence-electron chi connectivity index (χ0n) is 12.0. The highest BCUT2D eigenvalue weighted by Gasteiger charge is 2.12. The number of anilines is 1. The van der Waals surface area contributed by atoms with Crippen molar-refractivity contribution in [1.82, 2.24) is 20.8 Å². The van der Waals surface area contributed by atoms with Gasteiger partial charge < -0.3 is 20.4 Å². The van der Waals surface area contributed by atoms with Crippen molar-refractivity contribution in [2.24, 2.45) is 0 Å². The second-order valence-corrected chi connectivity index (χ2v) is 4.62. The highest BCUT2D eigenvalue weighted by molar-refractivity contribution is 5.76. The first-order valence-electron chi connectivity index (χ1n) is 6.63. The predicted molar refractivity (Wildman–Crippen MR) is 72.8 cm³/mol. The van der Waals surface area contributed by atoms with Gasteiger partial charge in [0.05, 0.1) is 6.04 Å². The fraction of sp³-hybridized carbons (Fsp3) is 0.750. The minimum atomic E-state index is 0.00302. The molecule has 3 N–H and O–H groups in total. The van der Waals surface area contributed by atoms with E-state index < -0.39 is 0 Å². The van der Waals surface area contributed by atoms with E-state index in [0.717, 1.165) is 6.54 Å². The van der Waals surface area contributed by atoms with Gasteiger partial charge in [-0.25, -0.2) is 0 Å². The Hall–Kier alpha value is -1.63. The van der Waals surface area contributed by atoms with Crippen LogP contribution in [0, 0.1) is 0 Å². The normalized spacial score (nSPS) is 12.5. The summed E-state index contributed by atoms with van der Waals surface area (Å²) in [7, 11) is 0. The van der Waals surface area contributed by atoms with E-state index in [1.54, 1.807) is 0 Å². The maximum absolute atomic E-state index is 11.4. The molecule has 1 unspecified atom stereocenters. The second-order valence-electron chi connectivity index (χ2n) is 4.62. The lowest BCUT2D eigenvalue weighted by Gasteiger charge is -2.08. The average molecular weight is 269 g/mol. The molecule has 0 aliphatic heterocycles. The van der Waals surface area contributed by atoms with E-state index in [-0.39, 0.29) is 18.0 Å². The summed E-state index contributed by atoms with van der Waals surface area (Å²) in [4.78, 5) is 11.4. The van der Waals surface area contributed by atoms with Crippen LogP contribution < -0.4 is 16.0 Å². The first-order chi connectivity index (χ1) is 9.02. The summed E-state index contributed by atoms with van der Waals surface area (Å²) in [6.45, 7) is 9.13. The monoisotopic (exact) mass is 269 g/mol. The van der Waals surface area contributed by atoms with Crippen molar-refractivity contribution < 1.29 is 9.21 Å². The Kier molecular flexibility index (Phi) is 6.27. The Labute approximate surface area is 113 Å². The molecule has 0 spiro atoms. The van der Waals surface area contributed by atoms with Crippen LogP contribution in [0.2, 0.25) is 0 Å². The number of carbonyl (C=O) groups excluding carboxylic acids is 1. The molecule has 108 valence electrons. The lowest BCUT2D eigenvalue weighted by molar-refractivity contribution is -0.121. The number of hydrogen-bond acceptors (Lipinski definition) is 6. The summed E-state index contributed by atoms with van der Waals surface area (Å²) in [5, 5.41) is 16.8. The molecule has 0 aromatic carbocycles. The summed E-state index contributed by atoms with van der Waals surface area (Å²) in [5.74, 6) is 0.541. The Balaban J connectivity index is 2.32. The summed E-state index contributed by atoms with van der Waals surface area (Å²) in [6, 6.07) is 0.526. The van der Waals surface area contributed by atoms with E-state index in [4.69, 9.17) is 4.42 Å². The van der Waals surface area contributed by atoms with Gasteiger partial charge in [0.25, 0.3) is 0 Å². The van der Waals surface area contributed by atoms with Crippen LogP contribution in [0.5, 0.6) is 0 Å². The van der Waals surface area contributed by atoms with E-state index in [1.807, 2.05) is 27.7 Å². The lowest BCUT2D eigenvalue weighted by atomic mass is 10.3. The molecule has 1 aromatic rings. The molecule has 0 bridgehead atoms. The Morgan fingerprint density at radius 2 is 2.05 bits per heavy atom. The number of nitrogens with zero attached hydrogens (tertiary/aromatic N) is 2. The van der Waals surface area contributed by atoms with E-state index in [0.29, 0.717) is 24.9 Å². The second kappa shape index (κ2) is 7.73. The molecule has 1 aromatic heterocycles. The quantitative estimate of drug-likeness (QED) is 0.653. The summed E-state index contributed by atoms with van der Waals surface area (Å²) in [6.07, 6.45) is 0.374. The highest BCUT2D eigenvalue weighted by atomic mass is 16.4. The van der Waals surface area contributed by atoms with E-state index in [2.05, 4.69) is 26.1 Å². The van der Waals surface area contributed by atoms with Gasteiger partial charge in [-0.15, -0.1) is 5.10 Å². The van der Waals surface area contributed by atoms with Gasteiger partial charge in [-0.2, -0.15) is 0 Å². The van der Waals surface area contributed by atoms with Crippen LogP contribution in [0.15, 0.2) is 4.42 Å². The van der Waals surface area contributed by atoms with Gasteiger partial charge in [0.2, 0.25) is 11.8 Å². The molecular weight excluding hydrogens is 246 g/mol. The van der Waals surface area contributed by atoms with Gasteiger partial charge in [0, 0.05) is 19.0 Å². The maximum atomic E-state index is 11.4. The van der Waals surface area contributed by atoms with Gasteiger partial charge >= 0.3 is 6.01 Å². The maximum Gasteiger partial charge on any atom is 0.315 e. The van der Waals surface area contributed by atoms with Gasteiger partial charge in [-0.05, 0) is 27.3 Å². The molecule has 0 radical (unpaired) electrons. The van der Waals surface area contributed by atoms with Crippen LogP contribution in [0.1, 0.15) is 46.0 Å². The van der Waals surface area contributed by atoms with Crippen LogP contribution in [0.25, 0.3) is 0 Å². The van der Waals surface area contributed by atoms with Crippen LogP contribution >= 0.6 is 0 Å². The van der Waals surface area contributed by atoms with Crippen LogP contribution in [0.3, 0.4) is 0 Å². The first kappa shape index (κ1) is 15.4. The summed E-state index contributed by atoms with van der Waals surface area (Å²) < 4.78 is 5.43. The van der Waals surface area contributed by atoms with Crippen molar-refractivity contribution in [3.63, 3.8) is 0 Å². The molecule has 0 aliphatic rings. The van der Waals surface area contributed by atoms with Crippen molar-refractivity contribution in [2.75, 3.05) is 18.4 Å². The van der Waals surface area contributed by atoms with Crippen molar-refractivity contribution >= 4 is 11.9 Å². The molecule has 0 aliphatic carbocycles. The minimum Gasteiger partial charge on any atom is -0.406 e. The number of rotatable bonds is 8. The van der Waals surface area contributed by atoms with Gasteiger partial charge in [-0.3, -0.25) is 4.79 Å². The Bertz CT molecular complexity index is 391. The predicted octanol–water partition coefficient (Wildman–Crippen LogP) is 1.07. The van der Waals surface area contributed by atoms with Crippen LogP contribution in [0.4, 0.5) is 6.01 Å². The zero-order chi connectivity index (χ0) is 14.3. The number of carbonyl (C=O) groups is 1. The van der Waals surface area contributed by atoms with Crippen molar-refractivity contribution in [2.45, 2.75) is 46.2 Å². The average Bonchev–Trinajstić information content (AvgIpc) is 2.77. The van der Waals surface area contributed by atoms with Crippen molar-refractivity contribution in [3.05, 3.63) is 5.89 Å². The highest BCUT2D eigenvalue weighted by Crippen LogP contribution is 2.13. The van der Waals surface area contributed by atoms with Crippen LogP contribution in [-0.2, 0) is 4.79 Å². The standard InChI is InChI=1S/C12H23N5O2/c1-5-13-9(4)11-16-17-12(19-11)14-7-6-10(18)15-8(2)3/h8-9,13H,5-7H2,1-4H3,(H,14,17)(H,15,18). The molecule has 7 heteroatoms. The molecule has 0 saturated heterocycles. The lowest BCUT2D eigenvalue weighted by Crippen LogP contribution is -2.31. The molecular formula is C12H23N5O2. The summed E-state index contributed by atoms with van der Waals surface area (Å²) in [5.41, 5.74) is 0. The molecule has 1 heterocycles. The smallest absolute Gasteiger partial charge is 0.315 e. The molecule has 0 saturated carbocycles. The first-order valence-corrected chi connectivity index (χ1v) is 6.63. The molecule has 7 nitrogen and oxygen atoms in total. The van der Waals surface area contributed by atoms with Gasteiger partial charge in [-0.1, -0.05) is 12.0 Å². The molecule has 1 amide bonds. The third-order valence-electron chi connectivity index (χ3n) is 2.40. The van der Waals surface area contributed by atoms with Crippen LogP contribution in [-0.4, -0.2) is 35.2 Å². The third-order valence-corrected chi connectivity index (χ3v) is 2.40. The largest absolute Gasteiger partial charge is 0.406 e. The summed E-state index contributed by atoms with van der Waals surface area (Å²) >= 11 is 0.